The van der Waals surface area contributed by atoms with E-state index in [-0.39, 0.29) is 23.1 Å². The van der Waals surface area contributed by atoms with Crippen LogP contribution in [0, 0.1) is 13.8 Å². The van der Waals surface area contributed by atoms with E-state index in [4.69, 9.17) is 11.6 Å². The van der Waals surface area contributed by atoms with E-state index in [9.17, 15) is 9.59 Å². The monoisotopic (exact) mass is 312 g/mol. The molecule has 6 nitrogen and oxygen atoms in total. The first-order chi connectivity index (χ1) is 9.58. The zero-order valence-electron chi connectivity index (χ0n) is 12.9. The maximum Gasteiger partial charge on any atom is 0.319 e. The second kappa shape index (κ2) is 6.76. The topological polar surface area (TPSA) is 83.1 Å². The van der Waals surface area contributed by atoms with Crippen molar-refractivity contribution in [1.82, 2.24) is 15.6 Å². The number of aromatic nitrogens is 1. The number of anilines is 1. The highest BCUT2D eigenvalue weighted by Gasteiger charge is 2.15. The van der Waals surface area contributed by atoms with Gasteiger partial charge in [-0.3, -0.25) is 4.79 Å². The van der Waals surface area contributed by atoms with Gasteiger partial charge in [-0.15, -0.1) is 0 Å². The van der Waals surface area contributed by atoms with E-state index in [0.29, 0.717) is 5.69 Å². The molecule has 0 bridgehead atoms. The Labute approximate surface area is 129 Å². The van der Waals surface area contributed by atoms with Gasteiger partial charge in [-0.25, -0.2) is 9.78 Å². The SMILES string of the molecule is Cc1cc(C)c(NC(=O)NCC(=O)NC(C)(C)C)c(Cl)n1. The number of nitrogens with one attached hydrogen (secondary N) is 3. The molecule has 0 aliphatic carbocycles. The van der Waals surface area contributed by atoms with Crippen LogP contribution in [0.15, 0.2) is 6.07 Å². The van der Waals surface area contributed by atoms with Crippen molar-refractivity contribution >= 4 is 29.2 Å². The van der Waals surface area contributed by atoms with E-state index >= 15 is 0 Å². The van der Waals surface area contributed by atoms with Crippen molar-refractivity contribution in [3.8, 4) is 0 Å². The minimum absolute atomic E-state index is 0.112. The molecule has 0 aromatic carbocycles. The second-order valence-corrected chi connectivity index (χ2v) is 6.21. The number of urea groups is 1. The quantitative estimate of drug-likeness (QED) is 0.749. The number of hydrogen-bond donors (Lipinski definition) is 3. The van der Waals surface area contributed by atoms with E-state index in [0.717, 1.165) is 11.3 Å². The molecule has 1 aromatic heterocycles. The Morgan fingerprint density at radius 1 is 1.29 bits per heavy atom. The van der Waals surface area contributed by atoms with Crippen molar-refractivity contribution in [2.45, 2.75) is 40.2 Å². The minimum Gasteiger partial charge on any atom is -0.350 e. The molecule has 3 amide bonds. The van der Waals surface area contributed by atoms with Crippen LogP contribution in [0.4, 0.5) is 10.5 Å². The summed E-state index contributed by atoms with van der Waals surface area (Å²) in [4.78, 5) is 27.5. The summed E-state index contributed by atoms with van der Waals surface area (Å²) >= 11 is 6.00. The Kier molecular flexibility index (Phi) is 5.54. The van der Waals surface area contributed by atoms with Crippen LogP contribution in [0.3, 0.4) is 0 Å². The highest BCUT2D eigenvalue weighted by molar-refractivity contribution is 6.32. The van der Waals surface area contributed by atoms with Crippen LogP contribution < -0.4 is 16.0 Å². The van der Waals surface area contributed by atoms with Gasteiger partial charge >= 0.3 is 6.03 Å². The molecule has 116 valence electrons. The normalized spacial score (nSPS) is 11.0. The molecule has 0 spiro atoms. The van der Waals surface area contributed by atoms with Crippen LogP contribution in [0.25, 0.3) is 0 Å². The van der Waals surface area contributed by atoms with Crippen molar-refractivity contribution in [2.75, 3.05) is 11.9 Å². The molecule has 0 unspecified atom stereocenters. The number of carbonyl (C=O) groups is 2. The van der Waals surface area contributed by atoms with E-state index < -0.39 is 6.03 Å². The molecule has 1 rings (SSSR count). The summed E-state index contributed by atoms with van der Waals surface area (Å²) in [7, 11) is 0. The fraction of sp³-hybridized carbons (Fsp3) is 0.500. The van der Waals surface area contributed by atoms with Gasteiger partial charge in [0.05, 0.1) is 12.2 Å². The largest absolute Gasteiger partial charge is 0.350 e. The average molecular weight is 313 g/mol. The Bertz CT molecular complexity index is 529. The van der Waals surface area contributed by atoms with Crippen molar-refractivity contribution in [3.05, 3.63) is 22.5 Å². The summed E-state index contributed by atoms with van der Waals surface area (Å²) in [5.41, 5.74) is 1.68. The lowest BCUT2D eigenvalue weighted by atomic mass is 10.1. The van der Waals surface area contributed by atoms with Gasteiger partial charge in [-0.1, -0.05) is 11.6 Å². The zero-order chi connectivity index (χ0) is 16.2. The van der Waals surface area contributed by atoms with Crippen molar-refractivity contribution < 1.29 is 9.59 Å². The Hall–Kier alpha value is -1.82. The Morgan fingerprint density at radius 2 is 1.90 bits per heavy atom. The predicted octanol–water partition coefficient (Wildman–Crippen LogP) is 2.39. The third-order valence-electron chi connectivity index (χ3n) is 2.46. The van der Waals surface area contributed by atoms with Gasteiger partial charge in [0.25, 0.3) is 0 Å². The highest BCUT2D eigenvalue weighted by Crippen LogP contribution is 2.24. The number of pyridine rings is 1. The third-order valence-corrected chi connectivity index (χ3v) is 2.74. The lowest BCUT2D eigenvalue weighted by Gasteiger charge is -2.20. The molecule has 0 aliphatic rings. The third kappa shape index (κ3) is 5.99. The van der Waals surface area contributed by atoms with Crippen LogP contribution in [0.2, 0.25) is 5.15 Å². The molecule has 0 aliphatic heterocycles. The molecule has 0 radical (unpaired) electrons. The first-order valence-electron chi connectivity index (χ1n) is 6.58. The summed E-state index contributed by atoms with van der Waals surface area (Å²) in [5, 5.41) is 8.05. The van der Waals surface area contributed by atoms with E-state index in [1.54, 1.807) is 0 Å². The molecule has 1 heterocycles. The number of hydrogen-bond acceptors (Lipinski definition) is 3. The van der Waals surface area contributed by atoms with E-state index in [1.165, 1.54) is 0 Å². The van der Waals surface area contributed by atoms with Crippen molar-refractivity contribution in [1.29, 1.82) is 0 Å². The lowest BCUT2D eigenvalue weighted by Crippen LogP contribution is -2.46. The lowest BCUT2D eigenvalue weighted by molar-refractivity contribution is -0.121. The highest BCUT2D eigenvalue weighted by atomic mass is 35.5. The van der Waals surface area contributed by atoms with Crippen molar-refractivity contribution in [3.63, 3.8) is 0 Å². The van der Waals surface area contributed by atoms with Crippen LogP contribution in [-0.2, 0) is 4.79 Å². The number of halogens is 1. The smallest absolute Gasteiger partial charge is 0.319 e. The number of nitrogens with zero attached hydrogens (tertiary/aromatic N) is 1. The summed E-state index contributed by atoms with van der Waals surface area (Å²) in [5.74, 6) is -0.262. The molecule has 1 aromatic rings. The summed E-state index contributed by atoms with van der Waals surface area (Å²) in [6.07, 6.45) is 0. The predicted molar refractivity (Wildman–Crippen MR) is 83.6 cm³/mol. The van der Waals surface area contributed by atoms with Gasteiger partial charge in [0.1, 0.15) is 0 Å². The molecule has 0 fully saturated rings. The Morgan fingerprint density at radius 3 is 2.43 bits per heavy atom. The van der Waals surface area contributed by atoms with Gasteiger partial charge in [0, 0.05) is 11.2 Å². The number of rotatable bonds is 3. The second-order valence-electron chi connectivity index (χ2n) is 5.85. The molecule has 3 N–H and O–H groups in total. The summed E-state index contributed by atoms with van der Waals surface area (Å²) < 4.78 is 0. The average Bonchev–Trinajstić information content (AvgIpc) is 2.29. The van der Waals surface area contributed by atoms with Gasteiger partial charge < -0.3 is 16.0 Å². The Balaban J connectivity index is 2.57. The van der Waals surface area contributed by atoms with E-state index in [2.05, 4.69) is 20.9 Å². The molecular weight excluding hydrogens is 292 g/mol. The molecule has 7 heteroatoms. The molecule has 21 heavy (non-hydrogen) atoms. The molecular formula is C14H21ClN4O2. The van der Waals surface area contributed by atoms with Gasteiger partial charge in [0.2, 0.25) is 5.91 Å². The first kappa shape index (κ1) is 17.2. The fourth-order valence-corrected chi connectivity index (χ4v) is 2.05. The fourth-order valence-electron chi connectivity index (χ4n) is 1.72. The first-order valence-corrected chi connectivity index (χ1v) is 6.96. The molecule has 0 saturated carbocycles. The van der Waals surface area contributed by atoms with Gasteiger partial charge in [0.15, 0.2) is 5.15 Å². The number of amides is 3. The molecule has 0 atom stereocenters. The summed E-state index contributed by atoms with van der Waals surface area (Å²) in [6.45, 7) is 9.13. The van der Waals surface area contributed by atoms with E-state index in [1.807, 2.05) is 40.7 Å². The van der Waals surface area contributed by atoms with Crippen LogP contribution in [-0.4, -0.2) is 29.0 Å². The van der Waals surface area contributed by atoms with Crippen molar-refractivity contribution in [2.24, 2.45) is 0 Å². The standard InChI is InChI=1S/C14H21ClN4O2/c1-8-6-9(2)17-12(15)11(8)18-13(21)16-7-10(20)19-14(3,4)5/h6H,7H2,1-5H3,(H,19,20)(H2,16,18,21). The summed E-state index contributed by atoms with van der Waals surface area (Å²) in [6, 6.07) is 1.31. The minimum atomic E-state index is -0.505. The number of aryl methyl sites for hydroxylation is 2. The maximum absolute atomic E-state index is 11.8. The van der Waals surface area contributed by atoms with Crippen LogP contribution in [0.5, 0.6) is 0 Å². The van der Waals surface area contributed by atoms with Gasteiger partial charge in [-0.05, 0) is 46.2 Å². The zero-order valence-corrected chi connectivity index (χ0v) is 13.7. The van der Waals surface area contributed by atoms with Crippen LogP contribution >= 0.6 is 11.6 Å². The maximum atomic E-state index is 11.8. The van der Waals surface area contributed by atoms with Crippen LogP contribution in [0.1, 0.15) is 32.0 Å². The molecule has 0 saturated heterocycles. The van der Waals surface area contributed by atoms with Gasteiger partial charge in [-0.2, -0.15) is 0 Å². The number of carbonyl (C=O) groups excluding carboxylic acids is 2.